The molecule has 1 rings (SSSR count). The van der Waals surface area contributed by atoms with Gasteiger partial charge in [0.05, 0.1) is 18.4 Å². The molecule has 1 amide bonds. The molecule has 1 heterocycles. The van der Waals surface area contributed by atoms with Crippen molar-refractivity contribution in [1.82, 2.24) is 10.3 Å². The van der Waals surface area contributed by atoms with Gasteiger partial charge in [0.1, 0.15) is 5.69 Å². The molecule has 0 aromatic carbocycles. The first-order valence-corrected chi connectivity index (χ1v) is 5.33. The lowest BCUT2D eigenvalue weighted by Crippen LogP contribution is -2.28. The van der Waals surface area contributed by atoms with Crippen LogP contribution in [0.3, 0.4) is 0 Å². The minimum Gasteiger partial charge on any atom is -0.477 e. The van der Waals surface area contributed by atoms with Gasteiger partial charge in [-0.3, -0.25) is 4.79 Å². The van der Waals surface area contributed by atoms with E-state index in [2.05, 4.69) is 15.6 Å². The van der Waals surface area contributed by atoms with E-state index in [1.807, 2.05) is 6.92 Å². The second-order valence-corrected chi connectivity index (χ2v) is 3.46. The molecular formula is C11H15N3O3. The number of hydrogen-bond donors (Lipinski definition) is 3. The van der Waals surface area contributed by atoms with E-state index >= 15 is 0 Å². The molecule has 0 saturated carbocycles. The number of aromatic nitrogens is 1. The monoisotopic (exact) mass is 237 g/mol. The van der Waals surface area contributed by atoms with E-state index in [0.29, 0.717) is 5.69 Å². The van der Waals surface area contributed by atoms with E-state index < -0.39 is 5.97 Å². The number of carboxylic acid groups (broad SMARTS) is 1. The normalized spacial score (nSPS) is 9.94. The number of carbonyl (C=O) groups excluding carboxylic acids is 1. The van der Waals surface area contributed by atoms with Crippen molar-refractivity contribution in [2.75, 3.05) is 18.4 Å². The van der Waals surface area contributed by atoms with Crippen LogP contribution in [-0.2, 0) is 4.79 Å². The number of aromatic carboxylic acids is 1. The Morgan fingerprint density at radius 3 is 2.71 bits per heavy atom. The zero-order chi connectivity index (χ0) is 12.7. The molecule has 1 aromatic rings. The summed E-state index contributed by atoms with van der Waals surface area (Å²) in [6.07, 6.45) is 2.28. The minimum atomic E-state index is -1.09. The Balaban J connectivity index is 2.46. The molecule has 92 valence electrons. The number of pyridine rings is 1. The number of amides is 1. The van der Waals surface area contributed by atoms with Crippen molar-refractivity contribution in [3.63, 3.8) is 0 Å². The van der Waals surface area contributed by atoms with Crippen LogP contribution >= 0.6 is 0 Å². The fourth-order valence-electron chi connectivity index (χ4n) is 1.18. The number of anilines is 1. The van der Waals surface area contributed by atoms with E-state index in [1.165, 1.54) is 18.3 Å². The van der Waals surface area contributed by atoms with E-state index in [1.54, 1.807) is 0 Å². The van der Waals surface area contributed by atoms with Gasteiger partial charge in [0.2, 0.25) is 5.91 Å². The van der Waals surface area contributed by atoms with Gasteiger partial charge in [-0.25, -0.2) is 9.78 Å². The van der Waals surface area contributed by atoms with Gasteiger partial charge >= 0.3 is 5.97 Å². The summed E-state index contributed by atoms with van der Waals surface area (Å²) in [5, 5.41) is 14.2. The first kappa shape index (κ1) is 13.1. The molecule has 0 radical (unpaired) electrons. The summed E-state index contributed by atoms with van der Waals surface area (Å²) >= 11 is 0. The number of nitrogens with zero attached hydrogens (tertiary/aromatic N) is 1. The van der Waals surface area contributed by atoms with Crippen molar-refractivity contribution in [1.29, 1.82) is 0 Å². The van der Waals surface area contributed by atoms with Gasteiger partial charge in [-0.1, -0.05) is 6.92 Å². The summed E-state index contributed by atoms with van der Waals surface area (Å²) in [5.41, 5.74) is 0.436. The van der Waals surface area contributed by atoms with Crippen LogP contribution in [0.4, 0.5) is 5.69 Å². The van der Waals surface area contributed by atoms with Crippen molar-refractivity contribution < 1.29 is 14.7 Å². The highest BCUT2D eigenvalue weighted by Gasteiger charge is 2.05. The second-order valence-electron chi connectivity index (χ2n) is 3.46. The SMILES string of the molecule is CCCNCC(=O)Nc1ccc(C(=O)O)nc1. The average Bonchev–Trinajstić information content (AvgIpc) is 2.30. The van der Waals surface area contributed by atoms with Crippen LogP contribution in [0.15, 0.2) is 18.3 Å². The van der Waals surface area contributed by atoms with Crippen molar-refractivity contribution in [2.24, 2.45) is 0 Å². The quantitative estimate of drug-likeness (QED) is 0.634. The lowest BCUT2D eigenvalue weighted by atomic mass is 10.3. The largest absolute Gasteiger partial charge is 0.477 e. The molecule has 3 N–H and O–H groups in total. The predicted octanol–water partition coefficient (Wildman–Crippen LogP) is 0.718. The van der Waals surface area contributed by atoms with Crippen molar-refractivity contribution >= 4 is 17.6 Å². The van der Waals surface area contributed by atoms with Gasteiger partial charge in [-0.2, -0.15) is 0 Å². The van der Waals surface area contributed by atoms with Gasteiger partial charge in [0.25, 0.3) is 0 Å². The molecule has 0 aliphatic carbocycles. The van der Waals surface area contributed by atoms with Gasteiger partial charge in [0.15, 0.2) is 0 Å². The molecule has 0 aliphatic rings. The van der Waals surface area contributed by atoms with E-state index in [-0.39, 0.29) is 18.1 Å². The van der Waals surface area contributed by atoms with Crippen LogP contribution in [0.2, 0.25) is 0 Å². The van der Waals surface area contributed by atoms with Gasteiger partial charge in [-0.05, 0) is 25.1 Å². The topological polar surface area (TPSA) is 91.3 Å². The van der Waals surface area contributed by atoms with Gasteiger partial charge in [0, 0.05) is 0 Å². The number of carboxylic acids is 1. The van der Waals surface area contributed by atoms with E-state index in [0.717, 1.165) is 13.0 Å². The summed E-state index contributed by atoms with van der Waals surface area (Å²) in [4.78, 5) is 25.6. The van der Waals surface area contributed by atoms with Crippen LogP contribution in [0, 0.1) is 0 Å². The van der Waals surface area contributed by atoms with Gasteiger partial charge in [-0.15, -0.1) is 0 Å². The standard InChI is InChI=1S/C11H15N3O3/c1-2-5-12-7-10(15)14-8-3-4-9(11(16)17)13-6-8/h3-4,6,12H,2,5,7H2,1H3,(H,14,15)(H,16,17). The summed E-state index contributed by atoms with van der Waals surface area (Å²) in [6, 6.07) is 2.85. The summed E-state index contributed by atoms with van der Waals surface area (Å²) < 4.78 is 0. The fraction of sp³-hybridized carbons (Fsp3) is 0.364. The molecule has 0 bridgehead atoms. The molecule has 0 unspecified atom stereocenters. The third kappa shape index (κ3) is 4.60. The molecule has 0 atom stereocenters. The molecular weight excluding hydrogens is 222 g/mol. The summed E-state index contributed by atoms with van der Waals surface area (Å²) in [6.45, 7) is 3.03. The zero-order valence-electron chi connectivity index (χ0n) is 9.56. The van der Waals surface area contributed by atoms with Crippen molar-refractivity contribution in [3.8, 4) is 0 Å². The van der Waals surface area contributed by atoms with Crippen LogP contribution in [-0.4, -0.2) is 35.1 Å². The zero-order valence-corrected chi connectivity index (χ0v) is 9.56. The Kier molecular flexibility index (Phi) is 5.09. The fourth-order valence-corrected chi connectivity index (χ4v) is 1.18. The third-order valence-electron chi connectivity index (χ3n) is 1.98. The third-order valence-corrected chi connectivity index (χ3v) is 1.98. The highest BCUT2D eigenvalue weighted by atomic mass is 16.4. The van der Waals surface area contributed by atoms with E-state index in [4.69, 9.17) is 5.11 Å². The Morgan fingerprint density at radius 1 is 1.41 bits per heavy atom. The molecule has 0 saturated heterocycles. The maximum atomic E-state index is 11.4. The Bertz CT molecular complexity index is 389. The summed E-state index contributed by atoms with van der Waals surface area (Å²) in [5.74, 6) is -1.27. The first-order chi connectivity index (χ1) is 8.13. The van der Waals surface area contributed by atoms with Crippen molar-refractivity contribution in [2.45, 2.75) is 13.3 Å². The lowest BCUT2D eigenvalue weighted by molar-refractivity contribution is -0.115. The van der Waals surface area contributed by atoms with Gasteiger partial charge < -0.3 is 15.7 Å². The second kappa shape index (κ2) is 6.59. The lowest BCUT2D eigenvalue weighted by Gasteiger charge is -2.05. The number of rotatable bonds is 6. The van der Waals surface area contributed by atoms with Crippen LogP contribution < -0.4 is 10.6 Å². The summed E-state index contributed by atoms with van der Waals surface area (Å²) in [7, 11) is 0. The molecule has 0 fully saturated rings. The number of hydrogen-bond acceptors (Lipinski definition) is 4. The Labute approximate surface area is 99.1 Å². The highest BCUT2D eigenvalue weighted by molar-refractivity contribution is 5.92. The Hall–Kier alpha value is -1.95. The average molecular weight is 237 g/mol. The smallest absolute Gasteiger partial charge is 0.354 e. The van der Waals surface area contributed by atoms with Crippen LogP contribution in [0.25, 0.3) is 0 Å². The van der Waals surface area contributed by atoms with Crippen molar-refractivity contribution in [3.05, 3.63) is 24.0 Å². The molecule has 0 spiro atoms. The molecule has 6 nitrogen and oxygen atoms in total. The van der Waals surface area contributed by atoms with E-state index in [9.17, 15) is 9.59 Å². The molecule has 0 aliphatic heterocycles. The maximum Gasteiger partial charge on any atom is 0.354 e. The molecule has 6 heteroatoms. The number of carbonyl (C=O) groups is 2. The van der Waals surface area contributed by atoms with Crippen LogP contribution in [0.1, 0.15) is 23.8 Å². The minimum absolute atomic E-state index is 0.0490. The molecule has 1 aromatic heterocycles. The molecule has 17 heavy (non-hydrogen) atoms. The van der Waals surface area contributed by atoms with Crippen LogP contribution in [0.5, 0.6) is 0 Å². The predicted molar refractivity (Wildman–Crippen MR) is 63.0 cm³/mol. The first-order valence-electron chi connectivity index (χ1n) is 5.33. The Morgan fingerprint density at radius 2 is 2.18 bits per heavy atom. The maximum absolute atomic E-state index is 11.4. The number of nitrogens with one attached hydrogen (secondary N) is 2. The highest BCUT2D eigenvalue weighted by Crippen LogP contribution is 2.05.